The van der Waals surface area contributed by atoms with Crippen molar-refractivity contribution in [3.05, 3.63) is 47.0 Å². The lowest BCUT2D eigenvalue weighted by Crippen LogP contribution is -1.95. The number of aryl methyl sites for hydroxylation is 2. The topological polar surface area (TPSA) is 0 Å². The average molecular weight is 248 g/mol. The van der Waals surface area contributed by atoms with E-state index in [4.69, 9.17) is 0 Å². The van der Waals surface area contributed by atoms with Gasteiger partial charge in [0.25, 0.3) is 0 Å². The van der Waals surface area contributed by atoms with E-state index in [-0.39, 0.29) is 11.6 Å². The van der Waals surface area contributed by atoms with Crippen molar-refractivity contribution < 1.29 is 8.78 Å². The number of halogens is 2. The maximum absolute atomic E-state index is 14.2. The van der Waals surface area contributed by atoms with Gasteiger partial charge >= 0.3 is 0 Å². The molecule has 0 N–H and O–H groups in total. The van der Waals surface area contributed by atoms with E-state index in [2.05, 4.69) is 6.92 Å². The second kappa shape index (κ2) is 5.47. The standard InChI is InChI=1S/C16H18F2/c1-3-4-5-6-12-10-15(17)14-9-11(2)7-8-13(14)16(12)18/h7-10H,3-6H2,1-2H3. The van der Waals surface area contributed by atoms with Crippen LogP contribution in [0.3, 0.4) is 0 Å². The summed E-state index contributed by atoms with van der Waals surface area (Å²) in [6, 6.07) is 6.55. The first kappa shape index (κ1) is 13.0. The molecule has 2 aromatic carbocycles. The van der Waals surface area contributed by atoms with Crippen molar-refractivity contribution >= 4 is 10.8 Å². The minimum Gasteiger partial charge on any atom is -0.206 e. The van der Waals surface area contributed by atoms with Crippen molar-refractivity contribution in [2.45, 2.75) is 39.5 Å². The fourth-order valence-electron chi connectivity index (χ4n) is 2.26. The van der Waals surface area contributed by atoms with Gasteiger partial charge in [0.1, 0.15) is 11.6 Å². The van der Waals surface area contributed by atoms with Crippen LogP contribution < -0.4 is 0 Å². The molecule has 0 spiro atoms. The zero-order chi connectivity index (χ0) is 13.1. The normalized spacial score (nSPS) is 11.1. The van der Waals surface area contributed by atoms with Gasteiger partial charge in [0.05, 0.1) is 0 Å². The van der Waals surface area contributed by atoms with Gasteiger partial charge in [0.2, 0.25) is 0 Å². The number of rotatable bonds is 4. The highest BCUT2D eigenvalue weighted by Crippen LogP contribution is 2.26. The van der Waals surface area contributed by atoms with E-state index >= 15 is 0 Å². The molecule has 0 atom stereocenters. The summed E-state index contributed by atoms with van der Waals surface area (Å²) in [5.41, 5.74) is 1.44. The Morgan fingerprint density at radius 3 is 2.50 bits per heavy atom. The van der Waals surface area contributed by atoms with Crippen molar-refractivity contribution in [1.82, 2.24) is 0 Å². The number of benzene rings is 2. The predicted molar refractivity (Wildman–Crippen MR) is 71.8 cm³/mol. The molecule has 18 heavy (non-hydrogen) atoms. The monoisotopic (exact) mass is 248 g/mol. The van der Waals surface area contributed by atoms with Gasteiger partial charge in [-0.05, 0) is 37.5 Å². The molecule has 0 aliphatic heterocycles. The van der Waals surface area contributed by atoms with E-state index in [0.717, 1.165) is 24.8 Å². The van der Waals surface area contributed by atoms with E-state index in [1.165, 1.54) is 6.07 Å². The Kier molecular flexibility index (Phi) is 3.95. The van der Waals surface area contributed by atoms with Crippen molar-refractivity contribution in [3.63, 3.8) is 0 Å². The van der Waals surface area contributed by atoms with Crippen LogP contribution in [0, 0.1) is 18.6 Å². The molecule has 0 heterocycles. The molecule has 0 bridgehead atoms. The second-order valence-electron chi connectivity index (χ2n) is 4.84. The first-order valence-electron chi connectivity index (χ1n) is 6.50. The summed E-state index contributed by atoms with van der Waals surface area (Å²) in [7, 11) is 0. The molecule has 96 valence electrons. The molecule has 0 aromatic heterocycles. The van der Waals surface area contributed by atoms with Crippen LogP contribution in [0.4, 0.5) is 8.78 Å². The van der Waals surface area contributed by atoms with Gasteiger partial charge in [-0.15, -0.1) is 0 Å². The SMILES string of the molecule is CCCCCc1cc(F)c2cc(C)ccc2c1F. The first-order valence-corrected chi connectivity index (χ1v) is 6.50. The largest absolute Gasteiger partial charge is 0.206 e. The molecule has 0 nitrogen and oxygen atoms in total. The second-order valence-corrected chi connectivity index (χ2v) is 4.84. The van der Waals surface area contributed by atoms with Crippen LogP contribution in [0.5, 0.6) is 0 Å². The third-order valence-corrected chi connectivity index (χ3v) is 3.30. The maximum Gasteiger partial charge on any atom is 0.134 e. The quantitative estimate of drug-likeness (QED) is 0.656. The summed E-state index contributed by atoms with van der Waals surface area (Å²) in [6.45, 7) is 3.98. The van der Waals surface area contributed by atoms with Crippen LogP contribution in [-0.2, 0) is 6.42 Å². The zero-order valence-corrected chi connectivity index (χ0v) is 10.9. The molecule has 2 aromatic rings. The lowest BCUT2D eigenvalue weighted by atomic mass is 10.00. The van der Waals surface area contributed by atoms with E-state index < -0.39 is 0 Å². The van der Waals surface area contributed by atoms with Crippen molar-refractivity contribution in [1.29, 1.82) is 0 Å². The lowest BCUT2D eigenvalue weighted by molar-refractivity contribution is 0.592. The highest BCUT2D eigenvalue weighted by molar-refractivity contribution is 5.85. The van der Waals surface area contributed by atoms with Gasteiger partial charge in [-0.1, -0.05) is 37.5 Å². The molecule has 0 saturated heterocycles. The fraction of sp³-hybridized carbons (Fsp3) is 0.375. The number of hydrogen-bond donors (Lipinski definition) is 0. The Hall–Kier alpha value is -1.44. The van der Waals surface area contributed by atoms with E-state index in [1.54, 1.807) is 12.1 Å². The van der Waals surface area contributed by atoms with Gasteiger partial charge in [-0.2, -0.15) is 0 Å². The van der Waals surface area contributed by atoms with E-state index in [9.17, 15) is 8.78 Å². The summed E-state index contributed by atoms with van der Waals surface area (Å²) < 4.78 is 28.2. The van der Waals surface area contributed by atoms with Crippen molar-refractivity contribution in [2.75, 3.05) is 0 Å². The molecule has 2 rings (SSSR count). The fourth-order valence-corrected chi connectivity index (χ4v) is 2.26. The molecule has 0 amide bonds. The Morgan fingerprint density at radius 1 is 1.00 bits per heavy atom. The van der Waals surface area contributed by atoms with Crippen LogP contribution in [0.1, 0.15) is 37.3 Å². The Bertz CT molecular complexity index is 559. The van der Waals surface area contributed by atoms with Crippen molar-refractivity contribution in [2.24, 2.45) is 0 Å². The molecule has 0 unspecified atom stereocenters. The van der Waals surface area contributed by atoms with Gasteiger partial charge in [0.15, 0.2) is 0 Å². The van der Waals surface area contributed by atoms with E-state index in [0.29, 0.717) is 22.8 Å². The maximum atomic E-state index is 14.2. The predicted octanol–water partition coefficient (Wildman–Crippen LogP) is 5.16. The van der Waals surface area contributed by atoms with Gasteiger partial charge in [-0.25, -0.2) is 8.78 Å². The lowest BCUT2D eigenvalue weighted by Gasteiger charge is -2.08. The summed E-state index contributed by atoms with van der Waals surface area (Å²) in [6.07, 6.45) is 3.65. The smallest absolute Gasteiger partial charge is 0.134 e. The first-order chi connectivity index (χ1) is 8.63. The number of hydrogen-bond acceptors (Lipinski definition) is 0. The van der Waals surface area contributed by atoms with Crippen LogP contribution in [0.25, 0.3) is 10.8 Å². The third kappa shape index (κ3) is 2.53. The minimum absolute atomic E-state index is 0.262. The molecule has 2 heteroatoms. The summed E-state index contributed by atoms with van der Waals surface area (Å²) in [5, 5.41) is 0.777. The summed E-state index contributed by atoms with van der Waals surface area (Å²) in [5.74, 6) is -0.580. The van der Waals surface area contributed by atoms with Crippen LogP contribution in [0.2, 0.25) is 0 Å². The van der Waals surface area contributed by atoms with E-state index in [1.807, 2.05) is 13.0 Å². The van der Waals surface area contributed by atoms with Crippen LogP contribution in [-0.4, -0.2) is 0 Å². The Balaban J connectivity index is 2.44. The van der Waals surface area contributed by atoms with Crippen molar-refractivity contribution in [3.8, 4) is 0 Å². The van der Waals surface area contributed by atoms with Crippen LogP contribution >= 0.6 is 0 Å². The number of unbranched alkanes of at least 4 members (excludes halogenated alkanes) is 2. The molecule has 0 aliphatic carbocycles. The molecule has 0 saturated carbocycles. The molecule has 0 radical (unpaired) electrons. The average Bonchev–Trinajstić information content (AvgIpc) is 2.35. The zero-order valence-electron chi connectivity index (χ0n) is 10.9. The molecule has 0 fully saturated rings. The molecular formula is C16H18F2. The highest BCUT2D eigenvalue weighted by Gasteiger charge is 2.11. The minimum atomic E-state index is -0.318. The van der Waals surface area contributed by atoms with Crippen LogP contribution in [0.15, 0.2) is 24.3 Å². The highest BCUT2D eigenvalue weighted by atomic mass is 19.1. The molecular weight excluding hydrogens is 230 g/mol. The Morgan fingerprint density at radius 2 is 1.78 bits per heavy atom. The van der Waals surface area contributed by atoms with Gasteiger partial charge in [-0.3, -0.25) is 0 Å². The van der Waals surface area contributed by atoms with Gasteiger partial charge in [0, 0.05) is 10.8 Å². The molecule has 0 aliphatic rings. The number of fused-ring (bicyclic) bond motifs is 1. The third-order valence-electron chi connectivity index (χ3n) is 3.30. The summed E-state index contributed by atoms with van der Waals surface area (Å²) >= 11 is 0. The van der Waals surface area contributed by atoms with Gasteiger partial charge < -0.3 is 0 Å². The Labute approximate surface area is 107 Å². The summed E-state index contributed by atoms with van der Waals surface area (Å²) in [4.78, 5) is 0.